The fourth-order valence-corrected chi connectivity index (χ4v) is 1.59. The van der Waals surface area contributed by atoms with Gasteiger partial charge in [0.05, 0.1) is 18.3 Å². The van der Waals surface area contributed by atoms with Gasteiger partial charge in [0.2, 0.25) is 0 Å². The molecule has 1 heterocycles. The summed E-state index contributed by atoms with van der Waals surface area (Å²) in [5, 5.41) is 9.53. The first-order chi connectivity index (χ1) is 5.15. The van der Waals surface area contributed by atoms with Gasteiger partial charge in [-0.2, -0.15) is 0 Å². The van der Waals surface area contributed by atoms with Gasteiger partial charge in [-0.05, 0) is 25.7 Å². The van der Waals surface area contributed by atoms with Gasteiger partial charge in [-0.25, -0.2) is 0 Å². The van der Waals surface area contributed by atoms with E-state index in [1.54, 1.807) is 0 Å². The molecule has 11 heavy (non-hydrogen) atoms. The molecule has 0 aliphatic carbocycles. The molecule has 2 nitrogen and oxygen atoms in total. The zero-order valence-corrected chi connectivity index (χ0v) is 7.58. The SMILES string of the molecule is CC[C@@H]1OC(C)[C@H](C)C[C@H]1O. The van der Waals surface area contributed by atoms with Gasteiger partial charge in [0.15, 0.2) is 0 Å². The van der Waals surface area contributed by atoms with E-state index < -0.39 is 0 Å². The fraction of sp³-hybridized carbons (Fsp3) is 1.00. The third kappa shape index (κ3) is 1.94. The second-order valence-corrected chi connectivity index (χ2v) is 3.57. The molecule has 0 amide bonds. The third-order valence-corrected chi connectivity index (χ3v) is 2.64. The molecule has 0 aromatic carbocycles. The Kier molecular flexibility index (Phi) is 2.90. The highest BCUT2D eigenvalue weighted by atomic mass is 16.5. The second-order valence-electron chi connectivity index (χ2n) is 3.57. The number of ether oxygens (including phenoxy) is 1. The molecule has 0 radical (unpaired) electrons. The number of aliphatic hydroxyl groups is 1. The van der Waals surface area contributed by atoms with Crippen molar-refractivity contribution in [1.29, 1.82) is 0 Å². The minimum absolute atomic E-state index is 0.0706. The molecule has 0 aromatic rings. The van der Waals surface area contributed by atoms with Crippen LogP contribution in [0.4, 0.5) is 0 Å². The Hall–Kier alpha value is -0.0800. The van der Waals surface area contributed by atoms with Gasteiger partial charge < -0.3 is 9.84 Å². The molecular weight excluding hydrogens is 140 g/mol. The van der Waals surface area contributed by atoms with Crippen LogP contribution in [0.2, 0.25) is 0 Å². The molecular formula is C9H18O2. The van der Waals surface area contributed by atoms with E-state index in [0.29, 0.717) is 12.0 Å². The molecule has 0 bridgehead atoms. The summed E-state index contributed by atoms with van der Waals surface area (Å²) >= 11 is 0. The lowest BCUT2D eigenvalue weighted by Crippen LogP contribution is -2.41. The van der Waals surface area contributed by atoms with E-state index in [4.69, 9.17) is 4.74 Å². The molecule has 1 saturated heterocycles. The zero-order valence-electron chi connectivity index (χ0n) is 7.58. The van der Waals surface area contributed by atoms with Gasteiger partial charge in [0.25, 0.3) is 0 Å². The molecule has 66 valence electrons. The van der Waals surface area contributed by atoms with E-state index in [2.05, 4.69) is 20.8 Å². The molecule has 1 aliphatic rings. The Morgan fingerprint density at radius 2 is 2.09 bits per heavy atom. The van der Waals surface area contributed by atoms with Crippen LogP contribution in [0.3, 0.4) is 0 Å². The molecule has 1 rings (SSSR count). The first kappa shape index (κ1) is 9.01. The lowest BCUT2D eigenvalue weighted by molar-refractivity contribution is -0.135. The van der Waals surface area contributed by atoms with E-state index in [0.717, 1.165) is 12.8 Å². The summed E-state index contributed by atoms with van der Waals surface area (Å²) in [5.41, 5.74) is 0. The standard InChI is InChI=1S/C9H18O2/c1-4-9-8(10)5-6(2)7(3)11-9/h6-10H,4-5H2,1-3H3/t6-,7?,8-,9+/m1/s1. The number of hydrogen-bond acceptors (Lipinski definition) is 2. The monoisotopic (exact) mass is 158 g/mol. The van der Waals surface area contributed by atoms with Crippen molar-refractivity contribution < 1.29 is 9.84 Å². The van der Waals surface area contributed by atoms with E-state index >= 15 is 0 Å². The van der Waals surface area contributed by atoms with Crippen molar-refractivity contribution >= 4 is 0 Å². The van der Waals surface area contributed by atoms with Gasteiger partial charge in [-0.3, -0.25) is 0 Å². The molecule has 1 N–H and O–H groups in total. The van der Waals surface area contributed by atoms with Crippen LogP contribution in [0, 0.1) is 5.92 Å². The van der Waals surface area contributed by atoms with Crippen LogP contribution in [0.1, 0.15) is 33.6 Å². The van der Waals surface area contributed by atoms with Crippen LogP contribution in [0.5, 0.6) is 0 Å². The summed E-state index contributed by atoms with van der Waals surface area (Å²) in [6.07, 6.45) is 1.94. The maximum Gasteiger partial charge on any atom is 0.0835 e. The summed E-state index contributed by atoms with van der Waals surface area (Å²) in [6.45, 7) is 6.26. The number of rotatable bonds is 1. The summed E-state index contributed by atoms with van der Waals surface area (Å²) in [6, 6.07) is 0. The van der Waals surface area contributed by atoms with E-state index in [-0.39, 0.29) is 12.2 Å². The molecule has 4 atom stereocenters. The van der Waals surface area contributed by atoms with Gasteiger partial charge >= 0.3 is 0 Å². The minimum Gasteiger partial charge on any atom is -0.390 e. The largest absolute Gasteiger partial charge is 0.390 e. The normalized spacial score (nSPS) is 45.8. The summed E-state index contributed by atoms with van der Waals surface area (Å²) < 4.78 is 5.61. The first-order valence-electron chi connectivity index (χ1n) is 4.48. The molecule has 1 fully saturated rings. The minimum atomic E-state index is -0.244. The maximum atomic E-state index is 9.53. The Morgan fingerprint density at radius 3 is 2.64 bits per heavy atom. The van der Waals surface area contributed by atoms with Crippen molar-refractivity contribution in [2.45, 2.75) is 51.9 Å². The van der Waals surface area contributed by atoms with Crippen molar-refractivity contribution in [3.8, 4) is 0 Å². The number of aliphatic hydroxyl groups excluding tert-OH is 1. The van der Waals surface area contributed by atoms with Gasteiger partial charge in [0.1, 0.15) is 0 Å². The second kappa shape index (κ2) is 3.55. The number of hydrogen-bond donors (Lipinski definition) is 1. The van der Waals surface area contributed by atoms with Crippen molar-refractivity contribution in [2.24, 2.45) is 5.92 Å². The summed E-state index contributed by atoms with van der Waals surface area (Å²) in [5.74, 6) is 0.493. The Balaban J connectivity index is 2.48. The van der Waals surface area contributed by atoms with Crippen molar-refractivity contribution in [3.05, 3.63) is 0 Å². The highest BCUT2D eigenvalue weighted by Crippen LogP contribution is 2.26. The summed E-state index contributed by atoms with van der Waals surface area (Å²) in [4.78, 5) is 0. The predicted octanol–water partition coefficient (Wildman–Crippen LogP) is 1.57. The van der Waals surface area contributed by atoms with Crippen LogP contribution in [0.15, 0.2) is 0 Å². The van der Waals surface area contributed by atoms with Crippen molar-refractivity contribution in [1.82, 2.24) is 0 Å². The smallest absolute Gasteiger partial charge is 0.0835 e. The average Bonchev–Trinajstić information content (AvgIpc) is 1.97. The predicted molar refractivity (Wildman–Crippen MR) is 44.4 cm³/mol. The average molecular weight is 158 g/mol. The zero-order chi connectivity index (χ0) is 8.43. The molecule has 0 aromatic heterocycles. The summed E-state index contributed by atoms with van der Waals surface area (Å²) in [7, 11) is 0. The highest BCUT2D eigenvalue weighted by Gasteiger charge is 2.30. The van der Waals surface area contributed by atoms with E-state index in [9.17, 15) is 5.11 Å². The highest BCUT2D eigenvalue weighted by molar-refractivity contribution is 4.79. The molecule has 0 saturated carbocycles. The van der Waals surface area contributed by atoms with Gasteiger partial charge in [-0.1, -0.05) is 13.8 Å². The van der Waals surface area contributed by atoms with Crippen LogP contribution in [-0.2, 0) is 4.74 Å². The van der Waals surface area contributed by atoms with E-state index in [1.807, 2.05) is 0 Å². The maximum absolute atomic E-state index is 9.53. The van der Waals surface area contributed by atoms with Crippen molar-refractivity contribution in [3.63, 3.8) is 0 Å². The van der Waals surface area contributed by atoms with Crippen LogP contribution < -0.4 is 0 Å². The van der Waals surface area contributed by atoms with Crippen molar-refractivity contribution in [2.75, 3.05) is 0 Å². The molecule has 1 aliphatic heterocycles. The van der Waals surface area contributed by atoms with Crippen LogP contribution >= 0.6 is 0 Å². The van der Waals surface area contributed by atoms with Crippen LogP contribution in [0.25, 0.3) is 0 Å². The molecule has 0 spiro atoms. The molecule has 1 unspecified atom stereocenters. The first-order valence-corrected chi connectivity index (χ1v) is 4.48. The lowest BCUT2D eigenvalue weighted by Gasteiger charge is -2.36. The van der Waals surface area contributed by atoms with Gasteiger partial charge in [0, 0.05) is 0 Å². The Bertz CT molecular complexity index is 125. The topological polar surface area (TPSA) is 29.5 Å². The fourth-order valence-electron chi connectivity index (χ4n) is 1.59. The van der Waals surface area contributed by atoms with Crippen LogP contribution in [-0.4, -0.2) is 23.4 Å². The van der Waals surface area contributed by atoms with E-state index in [1.165, 1.54) is 0 Å². The Labute approximate surface area is 68.6 Å². The van der Waals surface area contributed by atoms with Gasteiger partial charge in [-0.15, -0.1) is 0 Å². The molecule has 2 heteroatoms. The third-order valence-electron chi connectivity index (χ3n) is 2.64. The quantitative estimate of drug-likeness (QED) is 0.627. The Morgan fingerprint density at radius 1 is 1.45 bits per heavy atom. The lowest BCUT2D eigenvalue weighted by atomic mass is 9.91.